The van der Waals surface area contributed by atoms with Crippen LogP contribution in [0.2, 0.25) is 0 Å². The molecule has 0 aliphatic carbocycles. The van der Waals surface area contributed by atoms with Gasteiger partial charge in [0.25, 0.3) is 0 Å². The van der Waals surface area contributed by atoms with Crippen LogP contribution in [0.1, 0.15) is 31.7 Å². The number of fused-ring (bicyclic) bond motifs is 1. The highest BCUT2D eigenvalue weighted by atomic mass is 16.5. The fraction of sp³-hybridized carbons (Fsp3) is 0.320. The molecule has 0 saturated heterocycles. The predicted octanol–water partition coefficient (Wildman–Crippen LogP) is 5.61. The molecule has 1 N–H and O–H groups in total. The quantitative estimate of drug-likeness (QED) is 0.555. The first-order valence-corrected chi connectivity index (χ1v) is 10.5. The summed E-state index contributed by atoms with van der Waals surface area (Å²) in [4.78, 5) is 6.34. The maximum absolute atomic E-state index is 6.01. The average molecular weight is 404 g/mol. The van der Waals surface area contributed by atoms with E-state index in [2.05, 4.69) is 52.6 Å². The Kier molecular flexibility index (Phi) is 6.07. The first-order valence-electron chi connectivity index (χ1n) is 10.5. The van der Waals surface area contributed by atoms with E-state index in [9.17, 15) is 0 Å². The highest BCUT2D eigenvalue weighted by Gasteiger charge is 2.22. The molecular formula is C25H29N3O2. The topological polar surface area (TPSA) is 46.6 Å². The van der Waals surface area contributed by atoms with Crippen LogP contribution in [-0.2, 0) is 0 Å². The smallest absolute Gasteiger partial charge is 0.124 e. The second-order valence-corrected chi connectivity index (χ2v) is 7.90. The molecule has 4 rings (SSSR count). The van der Waals surface area contributed by atoms with Crippen molar-refractivity contribution in [3.05, 3.63) is 72.6 Å². The highest BCUT2D eigenvalue weighted by molar-refractivity contribution is 5.66. The summed E-state index contributed by atoms with van der Waals surface area (Å²) in [6, 6.07) is 18.7. The summed E-state index contributed by atoms with van der Waals surface area (Å²) >= 11 is 0. The van der Waals surface area contributed by atoms with E-state index in [1.54, 1.807) is 6.20 Å². The minimum atomic E-state index is 0.173. The number of pyridine rings is 1. The van der Waals surface area contributed by atoms with E-state index in [0.717, 1.165) is 48.1 Å². The number of nitrogens with one attached hydrogen (secondary N) is 1. The van der Waals surface area contributed by atoms with E-state index in [-0.39, 0.29) is 6.10 Å². The van der Waals surface area contributed by atoms with Crippen LogP contribution in [0.3, 0.4) is 0 Å². The number of nitrogens with zero attached hydrogens (tertiary/aromatic N) is 2. The largest absolute Gasteiger partial charge is 0.493 e. The van der Waals surface area contributed by atoms with Crippen LogP contribution in [0.25, 0.3) is 0 Å². The molecule has 0 bridgehead atoms. The van der Waals surface area contributed by atoms with E-state index in [4.69, 9.17) is 9.47 Å². The molecule has 30 heavy (non-hydrogen) atoms. The van der Waals surface area contributed by atoms with Gasteiger partial charge in [-0.25, -0.2) is 0 Å². The molecule has 1 aliphatic rings. The summed E-state index contributed by atoms with van der Waals surface area (Å²) in [7, 11) is 2.07. The Hall–Kier alpha value is -3.21. The minimum Gasteiger partial charge on any atom is -0.493 e. The van der Waals surface area contributed by atoms with Crippen molar-refractivity contribution >= 4 is 17.1 Å². The summed E-state index contributed by atoms with van der Waals surface area (Å²) < 4.78 is 11.8. The number of hydrogen-bond acceptors (Lipinski definition) is 5. The molecule has 0 spiro atoms. The summed E-state index contributed by atoms with van der Waals surface area (Å²) in [6.07, 6.45) is 4.83. The Balaban J connectivity index is 1.47. The number of rotatable bonds is 7. The zero-order valence-electron chi connectivity index (χ0n) is 17.8. The molecule has 0 radical (unpaired) electrons. The van der Waals surface area contributed by atoms with Crippen LogP contribution >= 0.6 is 0 Å². The SMILES string of the molecule is CC(C)Oc1ccc(N(C)c2ccc3c(c2)OCC[C@H]3CNc2cccnc2)cc1. The lowest BCUT2D eigenvalue weighted by atomic mass is 9.92. The molecule has 0 amide bonds. The maximum Gasteiger partial charge on any atom is 0.124 e. The normalized spacial score (nSPS) is 15.3. The van der Waals surface area contributed by atoms with Crippen molar-refractivity contribution in [3.63, 3.8) is 0 Å². The van der Waals surface area contributed by atoms with Crippen molar-refractivity contribution in [3.8, 4) is 11.5 Å². The third-order valence-electron chi connectivity index (χ3n) is 5.36. The monoisotopic (exact) mass is 403 g/mol. The lowest BCUT2D eigenvalue weighted by Gasteiger charge is -2.28. The van der Waals surface area contributed by atoms with Gasteiger partial charge in [-0.15, -0.1) is 0 Å². The Morgan fingerprint density at radius 3 is 2.67 bits per heavy atom. The van der Waals surface area contributed by atoms with Crippen LogP contribution in [0.5, 0.6) is 11.5 Å². The fourth-order valence-electron chi connectivity index (χ4n) is 3.75. The summed E-state index contributed by atoms with van der Waals surface area (Å²) in [5.74, 6) is 2.28. The average Bonchev–Trinajstić information content (AvgIpc) is 2.77. The molecule has 2 heterocycles. The molecule has 1 atom stereocenters. The molecule has 5 nitrogen and oxygen atoms in total. The molecule has 5 heteroatoms. The Bertz CT molecular complexity index is 958. The van der Waals surface area contributed by atoms with Crippen LogP contribution in [0, 0.1) is 0 Å². The van der Waals surface area contributed by atoms with Gasteiger partial charge in [-0.3, -0.25) is 4.98 Å². The number of hydrogen-bond donors (Lipinski definition) is 1. The molecule has 2 aromatic carbocycles. The lowest BCUT2D eigenvalue weighted by Crippen LogP contribution is -2.21. The van der Waals surface area contributed by atoms with Crippen molar-refractivity contribution in [2.75, 3.05) is 30.4 Å². The van der Waals surface area contributed by atoms with E-state index in [1.807, 2.05) is 44.3 Å². The van der Waals surface area contributed by atoms with Crippen LogP contribution in [0.4, 0.5) is 17.1 Å². The zero-order chi connectivity index (χ0) is 20.9. The van der Waals surface area contributed by atoms with E-state index in [0.29, 0.717) is 5.92 Å². The van der Waals surface area contributed by atoms with Crippen molar-refractivity contribution in [2.45, 2.75) is 32.3 Å². The first-order chi connectivity index (χ1) is 14.6. The Labute approximate surface area is 178 Å². The Morgan fingerprint density at radius 1 is 1.13 bits per heavy atom. The number of anilines is 3. The molecule has 1 aliphatic heterocycles. The first kappa shape index (κ1) is 20.1. The third kappa shape index (κ3) is 4.67. The van der Waals surface area contributed by atoms with E-state index >= 15 is 0 Å². The van der Waals surface area contributed by atoms with Gasteiger partial charge >= 0.3 is 0 Å². The van der Waals surface area contributed by atoms with Gasteiger partial charge in [0.05, 0.1) is 18.4 Å². The van der Waals surface area contributed by atoms with E-state index in [1.165, 1.54) is 5.56 Å². The van der Waals surface area contributed by atoms with Gasteiger partial charge < -0.3 is 19.7 Å². The molecule has 156 valence electrons. The molecule has 0 saturated carbocycles. The second-order valence-electron chi connectivity index (χ2n) is 7.90. The lowest BCUT2D eigenvalue weighted by molar-refractivity contribution is 0.242. The van der Waals surface area contributed by atoms with Gasteiger partial charge in [-0.05, 0) is 68.3 Å². The molecule has 0 fully saturated rings. The number of ether oxygens (including phenoxy) is 2. The number of benzene rings is 2. The third-order valence-corrected chi connectivity index (χ3v) is 5.36. The van der Waals surface area contributed by atoms with Gasteiger partial charge in [0.2, 0.25) is 0 Å². The summed E-state index contributed by atoms with van der Waals surface area (Å²) in [5, 5.41) is 3.50. The summed E-state index contributed by atoms with van der Waals surface area (Å²) in [5.41, 5.74) is 4.52. The van der Waals surface area contributed by atoms with Crippen molar-refractivity contribution < 1.29 is 9.47 Å². The zero-order valence-corrected chi connectivity index (χ0v) is 17.8. The predicted molar refractivity (Wildman–Crippen MR) is 122 cm³/mol. The van der Waals surface area contributed by atoms with Gasteiger partial charge in [-0.2, -0.15) is 0 Å². The fourth-order valence-corrected chi connectivity index (χ4v) is 3.75. The molecule has 0 unspecified atom stereocenters. The van der Waals surface area contributed by atoms with Gasteiger partial charge in [0.1, 0.15) is 11.5 Å². The minimum absolute atomic E-state index is 0.173. The highest BCUT2D eigenvalue weighted by Crippen LogP contribution is 2.38. The maximum atomic E-state index is 6.01. The molecule has 1 aromatic heterocycles. The van der Waals surface area contributed by atoms with Crippen molar-refractivity contribution in [1.82, 2.24) is 4.98 Å². The van der Waals surface area contributed by atoms with Gasteiger partial charge in [-0.1, -0.05) is 6.07 Å². The summed E-state index contributed by atoms with van der Waals surface area (Å²) in [6.45, 7) is 5.68. The molecular weight excluding hydrogens is 374 g/mol. The van der Waals surface area contributed by atoms with Crippen molar-refractivity contribution in [1.29, 1.82) is 0 Å². The Morgan fingerprint density at radius 2 is 1.93 bits per heavy atom. The van der Waals surface area contributed by atoms with Crippen LogP contribution < -0.4 is 19.7 Å². The standard InChI is InChI=1S/C25H29N3O2/c1-18(2)30-23-9-6-21(7-10-23)28(3)22-8-11-24-19(12-14-29-25(24)15-22)16-27-20-5-4-13-26-17-20/h4-11,13,15,17-19,27H,12,14,16H2,1-3H3/t19-/m0/s1. The van der Waals surface area contributed by atoms with Crippen LogP contribution in [0.15, 0.2) is 67.0 Å². The van der Waals surface area contributed by atoms with Crippen LogP contribution in [-0.4, -0.2) is 31.3 Å². The molecule has 3 aromatic rings. The van der Waals surface area contributed by atoms with Gasteiger partial charge in [0.15, 0.2) is 0 Å². The van der Waals surface area contributed by atoms with E-state index < -0.39 is 0 Å². The number of aromatic nitrogens is 1. The second kappa shape index (κ2) is 9.08. The van der Waals surface area contributed by atoms with Gasteiger partial charge in [0, 0.05) is 49.3 Å². The van der Waals surface area contributed by atoms with Crippen molar-refractivity contribution in [2.24, 2.45) is 0 Å².